The van der Waals surface area contributed by atoms with Crippen LogP contribution in [-0.2, 0) is 4.74 Å². The molecule has 0 aromatic heterocycles. The lowest BCUT2D eigenvalue weighted by molar-refractivity contribution is -0.0442. The maximum Gasteiger partial charge on any atom is 0.142 e. The highest BCUT2D eigenvalue weighted by Crippen LogP contribution is 2.27. The molecule has 0 aliphatic carbocycles. The molecule has 1 fully saturated rings. The Hall–Kier alpha value is -0.640. The van der Waals surface area contributed by atoms with Gasteiger partial charge in [-0.25, -0.2) is 4.39 Å². The first kappa shape index (κ1) is 9.90. The SMILES string of the molecule is NC(c1ccc(Cl)c(F)c1)C1COC1. The van der Waals surface area contributed by atoms with Crippen LogP contribution >= 0.6 is 11.6 Å². The fraction of sp³-hybridized carbons (Fsp3) is 0.400. The molecule has 0 amide bonds. The van der Waals surface area contributed by atoms with E-state index in [0.717, 1.165) is 5.56 Å². The van der Waals surface area contributed by atoms with Crippen molar-refractivity contribution in [2.45, 2.75) is 6.04 Å². The zero-order valence-electron chi connectivity index (χ0n) is 7.54. The van der Waals surface area contributed by atoms with Crippen molar-refractivity contribution >= 4 is 11.6 Å². The molecule has 1 aliphatic rings. The van der Waals surface area contributed by atoms with E-state index in [-0.39, 0.29) is 11.1 Å². The van der Waals surface area contributed by atoms with Gasteiger partial charge in [-0.15, -0.1) is 0 Å². The summed E-state index contributed by atoms with van der Waals surface area (Å²) in [6.45, 7) is 1.32. The van der Waals surface area contributed by atoms with Crippen LogP contribution in [0.1, 0.15) is 11.6 Å². The van der Waals surface area contributed by atoms with Crippen LogP contribution in [0.4, 0.5) is 4.39 Å². The van der Waals surface area contributed by atoms with Crippen molar-refractivity contribution in [2.24, 2.45) is 11.7 Å². The third-order valence-electron chi connectivity index (χ3n) is 2.50. The fourth-order valence-corrected chi connectivity index (χ4v) is 1.57. The van der Waals surface area contributed by atoms with Crippen LogP contribution in [0.5, 0.6) is 0 Å². The lowest BCUT2D eigenvalue weighted by Crippen LogP contribution is -2.37. The molecule has 1 aliphatic heterocycles. The summed E-state index contributed by atoms with van der Waals surface area (Å²) in [7, 11) is 0. The molecule has 1 aromatic carbocycles. The summed E-state index contributed by atoms with van der Waals surface area (Å²) in [5.41, 5.74) is 6.71. The summed E-state index contributed by atoms with van der Waals surface area (Å²) >= 11 is 5.57. The Balaban J connectivity index is 2.18. The van der Waals surface area contributed by atoms with Gasteiger partial charge in [-0.2, -0.15) is 0 Å². The molecular formula is C10H11ClFNO. The maximum absolute atomic E-state index is 13.1. The maximum atomic E-state index is 13.1. The van der Waals surface area contributed by atoms with Crippen LogP contribution in [0.15, 0.2) is 18.2 Å². The minimum Gasteiger partial charge on any atom is -0.381 e. The molecule has 2 nitrogen and oxygen atoms in total. The molecule has 76 valence electrons. The summed E-state index contributed by atoms with van der Waals surface area (Å²) in [5, 5.41) is 0.130. The topological polar surface area (TPSA) is 35.2 Å². The van der Waals surface area contributed by atoms with E-state index >= 15 is 0 Å². The number of hydrogen-bond acceptors (Lipinski definition) is 2. The zero-order chi connectivity index (χ0) is 10.1. The summed E-state index contributed by atoms with van der Waals surface area (Å²) in [6, 6.07) is 4.53. The van der Waals surface area contributed by atoms with Gasteiger partial charge in [0.25, 0.3) is 0 Å². The van der Waals surface area contributed by atoms with Gasteiger partial charge in [0, 0.05) is 12.0 Å². The van der Waals surface area contributed by atoms with Gasteiger partial charge in [-0.05, 0) is 17.7 Å². The van der Waals surface area contributed by atoms with Gasteiger partial charge in [0.2, 0.25) is 0 Å². The normalized spacial score (nSPS) is 19.1. The van der Waals surface area contributed by atoms with Crippen molar-refractivity contribution in [1.82, 2.24) is 0 Å². The van der Waals surface area contributed by atoms with Gasteiger partial charge in [0.05, 0.1) is 18.2 Å². The lowest BCUT2D eigenvalue weighted by atomic mass is 9.92. The average molecular weight is 216 g/mol. The minimum absolute atomic E-state index is 0.130. The van der Waals surface area contributed by atoms with E-state index < -0.39 is 5.82 Å². The number of ether oxygens (including phenoxy) is 1. The summed E-state index contributed by atoms with van der Waals surface area (Å²) in [6.07, 6.45) is 0. The van der Waals surface area contributed by atoms with Crippen molar-refractivity contribution in [1.29, 1.82) is 0 Å². The number of nitrogens with two attached hydrogens (primary N) is 1. The standard InChI is InChI=1S/C10H11ClFNO/c11-8-2-1-6(3-9(8)12)10(13)7-4-14-5-7/h1-3,7,10H,4-5,13H2. The van der Waals surface area contributed by atoms with Crippen molar-refractivity contribution in [3.05, 3.63) is 34.6 Å². The molecule has 2 N–H and O–H groups in total. The first-order chi connectivity index (χ1) is 6.68. The second-order valence-corrected chi connectivity index (χ2v) is 3.90. The van der Waals surface area contributed by atoms with Crippen LogP contribution in [0.2, 0.25) is 5.02 Å². The van der Waals surface area contributed by atoms with Crippen molar-refractivity contribution < 1.29 is 9.13 Å². The summed E-state index contributed by atoms with van der Waals surface area (Å²) < 4.78 is 18.1. The average Bonchev–Trinajstić information content (AvgIpc) is 2.06. The van der Waals surface area contributed by atoms with E-state index in [2.05, 4.69) is 0 Å². The van der Waals surface area contributed by atoms with E-state index in [1.165, 1.54) is 12.1 Å². The molecule has 0 bridgehead atoms. The van der Waals surface area contributed by atoms with Gasteiger partial charge in [0.15, 0.2) is 0 Å². The molecule has 0 saturated carbocycles. The Labute approximate surface area is 86.8 Å². The molecule has 14 heavy (non-hydrogen) atoms. The largest absolute Gasteiger partial charge is 0.381 e. The highest BCUT2D eigenvalue weighted by molar-refractivity contribution is 6.30. The van der Waals surface area contributed by atoms with E-state index in [1.54, 1.807) is 6.07 Å². The van der Waals surface area contributed by atoms with Gasteiger partial charge in [0.1, 0.15) is 5.82 Å². The first-order valence-electron chi connectivity index (χ1n) is 4.47. The van der Waals surface area contributed by atoms with Gasteiger partial charge < -0.3 is 10.5 Å². The molecule has 1 aromatic rings. The molecule has 1 heterocycles. The molecule has 4 heteroatoms. The molecule has 2 rings (SSSR count). The van der Waals surface area contributed by atoms with Gasteiger partial charge in [-0.3, -0.25) is 0 Å². The Bertz CT molecular complexity index is 341. The zero-order valence-corrected chi connectivity index (χ0v) is 8.30. The molecule has 0 radical (unpaired) electrons. The van der Waals surface area contributed by atoms with Crippen LogP contribution < -0.4 is 5.73 Å². The molecule has 1 unspecified atom stereocenters. The van der Waals surface area contributed by atoms with E-state index in [1.807, 2.05) is 0 Å². The molecule has 1 atom stereocenters. The Morgan fingerprint density at radius 1 is 1.50 bits per heavy atom. The van der Waals surface area contributed by atoms with Crippen molar-refractivity contribution in [2.75, 3.05) is 13.2 Å². The number of halogens is 2. The van der Waals surface area contributed by atoms with E-state index in [4.69, 9.17) is 22.1 Å². The Kier molecular flexibility index (Phi) is 2.72. The number of benzene rings is 1. The lowest BCUT2D eigenvalue weighted by Gasteiger charge is -2.31. The Morgan fingerprint density at radius 3 is 2.71 bits per heavy atom. The van der Waals surface area contributed by atoms with E-state index in [9.17, 15) is 4.39 Å². The highest BCUT2D eigenvalue weighted by atomic mass is 35.5. The molecule has 1 saturated heterocycles. The quantitative estimate of drug-likeness (QED) is 0.820. The van der Waals surface area contributed by atoms with Crippen LogP contribution in [0, 0.1) is 11.7 Å². The van der Waals surface area contributed by atoms with Crippen molar-refractivity contribution in [3.63, 3.8) is 0 Å². The Morgan fingerprint density at radius 2 is 2.21 bits per heavy atom. The second kappa shape index (κ2) is 3.85. The summed E-state index contributed by atoms with van der Waals surface area (Å²) in [5.74, 6) is -0.115. The number of rotatable bonds is 2. The van der Waals surface area contributed by atoms with E-state index in [0.29, 0.717) is 19.1 Å². The van der Waals surface area contributed by atoms with Gasteiger partial charge in [-0.1, -0.05) is 17.7 Å². The van der Waals surface area contributed by atoms with Crippen LogP contribution in [0.3, 0.4) is 0 Å². The van der Waals surface area contributed by atoms with Crippen LogP contribution in [0.25, 0.3) is 0 Å². The second-order valence-electron chi connectivity index (χ2n) is 3.50. The number of hydrogen-bond donors (Lipinski definition) is 1. The first-order valence-corrected chi connectivity index (χ1v) is 4.84. The van der Waals surface area contributed by atoms with Crippen LogP contribution in [-0.4, -0.2) is 13.2 Å². The fourth-order valence-electron chi connectivity index (χ4n) is 1.45. The van der Waals surface area contributed by atoms with Crippen molar-refractivity contribution in [3.8, 4) is 0 Å². The van der Waals surface area contributed by atoms with Gasteiger partial charge >= 0.3 is 0 Å². The third kappa shape index (κ3) is 1.75. The summed E-state index contributed by atoms with van der Waals surface area (Å²) in [4.78, 5) is 0. The highest BCUT2D eigenvalue weighted by Gasteiger charge is 2.26. The predicted octanol–water partition coefficient (Wildman–Crippen LogP) is 2.13. The third-order valence-corrected chi connectivity index (χ3v) is 2.81. The predicted molar refractivity (Wildman–Crippen MR) is 52.6 cm³/mol. The monoisotopic (exact) mass is 215 g/mol. The minimum atomic E-state index is -0.417. The smallest absolute Gasteiger partial charge is 0.142 e. The molecular weight excluding hydrogens is 205 g/mol. The molecule has 0 spiro atoms.